The van der Waals surface area contributed by atoms with Crippen LogP contribution in [0.15, 0.2) is 61.4 Å². The summed E-state index contributed by atoms with van der Waals surface area (Å²) in [6.45, 7) is 4.06. The fraction of sp³-hybridized carbons (Fsp3) is 0.150. The maximum absolute atomic E-state index is 12.7. The highest BCUT2D eigenvalue weighted by Crippen LogP contribution is 2.21. The molecule has 4 rings (SSSR count). The molecule has 0 radical (unpaired) electrons. The average Bonchev–Trinajstić information content (AvgIpc) is 3.25. The molecule has 1 N–H and O–H groups in total. The van der Waals surface area contributed by atoms with Crippen molar-refractivity contribution < 1.29 is 9.53 Å². The second-order valence-electron chi connectivity index (χ2n) is 6.54. The van der Waals surface area contributed by atoms with Gasteiger partial charge in [-0.05, 0) is 32.0 Å². The zero-order chi connectivity index (χ0) is 20.9. The number of anilines is 1. The average molecular weight is 402 g/mol. The van der Waals surface area contributed by atoms with Crippen molar-refractivity contribution in [2.24, 2.45) is 0 Å². The molecule has 4 aromatic rings. The second kappa shape index (κ2) is 8.43. The molecule has 0 atom stereocenters. The van der Waals surface area contributed by atoms with E-state index in [-0.39, 0.29) is 11.7 Å². The lowest BCUT2D eigenvalue weighted by atomic mass is 10.3. The van der Waals surface area contributed by atoms with Crippen molar-refractivity contribution in [3.63, 3.8) is 0 Å². The summed E-state index contributed by atoms with van der Waals surface area (Å²) < 4.78 is 7.52. The number of carbonyl (C=O) groups excluding carboxylic acids is 1. The lowest BCUT2D eigenvalue weighted by molar-refractivity contribution is 0.102. The lowest BCUT2D eigenvalue weighted by Crippen LogP contribution is -2.15. The predicted molar refractivity (Wildman–Crippen MR) is 108 cm³/mol. The van der Waals surface area contributed by atoms with Gasteiger partial charge in [-0.2, -0.15) is 0 Å². The number of carbonyl (C=O) groups is 1. The maximum atomic E-state index is 12.7. The standard InChI is InChI=1S/C20H18N8O2/c1-13(2)28-12-24-27-19(28)15-4-3-5-17(25-15)26-20(29)16-10-14(6-9-22-16)30-18-7-8-21-11-23-18/h3-13H,1-2H3,(H,25,26,29). The van der Waals surface area contributed by atoms with E-state index in [2.05, 4.69) is 35.5 Å². The van der Waals surface area contributed by atoms with E-state index in [1.165, 1.54) is 18.6 Å². The Kier molecular flexibility index (Phi) is 5.37. The van der Waals surface area contributed by atoms with Crippen LogP contribution in [0.1, 0.15) is 30.4 Å². The first kappa shape index (κ1) is 19.1. The Labute approximate surface area is 172 Å². The Bertz CT molecular complexity index is 1160. The number of rotatable bonds is 6. The van der Waals surface area contributed by atoms with E-state index >= 15 is 0 Å². The molecule has 10 nitrogen and oxygen atoms in total. The molecule has 4 heterocycles. The first-order valence-corrected chi connectivity index (χ1v) is 9.18. The third kappa shape index (κ3) is 4.27. The van der Waals surface area contributed by atoms with Crippen molar-refractivity contribution in [2.45, 2.75) is 19.9 Å². The van der Waals surface area contributed by atoms with Gasteiger partial charge >= 0.3 is 0 Å². The van der Waals surface area contributed by atoms with Gasteiger partial charge in [0, 0.05) is 30.6 Å². The van der Waals surface area contributed by atoms with Gasteiger partial charge in [0.05, 0.1) is 0 Å². The molecule has 4 aromatic heterocycles. The number of hydrogen-bond acceptors (Lipinski definition) is 8. The summed E-state index contributed by atoms with van der Waals surface area (Å²) in [6, 6.07) is 10.3. The molecule has 0 fully saturated rings. The van der Waals surface area contributed by atoms with Crippen LogP contribution in [0.2, 0.25) is 0 Å². The summed E-state index contributed by atoms with van der Waals surface area (Å²) in [5, 5.41) is 10.8. The van der Waals surface area contributed by atoms with Crippen LogP contribution in [-0.4, -0.2) is 40.6 Å². The van der Waals surface area contributed by atoms with Crippen molar-refractivity contribution in [2.75, 3.05) is 5.32 Å². The Morgan fingerprint density at radius 1 is 1.13 bits per heavy atom. The summed E-state index contributed by atoms with van der Waals surface area (Å²) in [5.41, 5.74) is 0.784. The van der Waals surface area contributed by atoms with E-state index in [1.54, 1.807) is 36.8 Å². The van der Waals surface area contributed by atoms with E-state index in [0.29, 0.717) is 29.0 Å². The molecule has 0 aliphatic rings. The third-order valence-corrected chi connectivity index (χ3v) is 4.09. The van der Waals surface area contributed by atoms with Crippen LogP contribution in [0.3, 0.4) is 0 Å². The van der Waals surface area contributed by atoms with Gasteiger partial charge in [0.15, 0.2) is 5.82 Å². The molecular formula is C20H18N8O2. The Morgan fingerprint density at radius 2 is 2.03 bits per heavy atom. The van der Waals surface area contributed by atoms with Crippen LogP contribution < -0.4 is 10.1 Å². The number of nitrogens with zero attached hydrogens (tertiary/aromatic N) is 7. The zero-order valence-corrected chi connectivity index (χ0v) is 16.3. The van der Waals surface area contributed by atoms with Gasteiger partial charge in [-0.15, -0.1) is 10.2 Å². The summed E-state index contributed by atoms with van der Waals surface area (Å²) >= 11 is 0. The molecule has 0 aliphatic heterocycles. The number of hydrogen-bond donors (Lipinski definition) is 1. The Morgan fingerprint density at radius 3 is 2.83 bits per heavy atom. The van der Waals surface area contributed by atoms with Crippen molar-refractivity contribution in [1.82, 2.24) is 34.7 Å². The van der Waals surface area contributed by atoms with Crippen LogP contribution in [0.25, 0.3) is 11.5 Å². The number of nitrogens with one attached hydrogen (secondary N) is 1. The summed E-state index contributed by atoms with van der Waals surface area (Å²) in [6.07, 6.45) is 6.08. The first-order valence-electron chi connectivity index (χ1n) is 9.18. The monoisotopic (exact) mass is 402 g/mol. The minimum atomic E-state index is -0.418. The molecule has 0 saturated heterocycles. The van der Waals surface area contributed by atoms with Crippen molar-refractivity contribution >= 4 is 11.7 Å². The second-order valence-corrected chi connectivity index (χ2v) is 6.54. The topological polar surface area (TPSA) is 121 Å². The normalized spacial score (nSPS) is 10.8. The minimum Gasteiger partial charge on any atom is -0.439 e. The zero-order valence-electron chi connectivity index (χ0n) is 16.3. The van der Waals surface area contributed by atoms with Crippen molar-refractivity contribution in [1.29, 1.82) is 0 Å². The molecule has 30 heavy (non-hydrogen) atoms. The maximum Gasteiger partial charge on any atom is 0.275 e. The van der Waals surface area contributed by atoms with Crippen molar-refractivity contribution in [3.8, 4) is 23.1 Å². The van der Waals surface area contributed by atoms with Crippen LogP contribution in [0.5, 0.6) is 11.6 Å². The van der Waals surface area contributed by atoms with Gasteiger partial charge in [-0.3, -0.25) is 9.78 Å². The van der Waals surface area contributed by atoms with Gasteiger partial charge in [-0.1, -0.05) is 6.07 Å². The quantitative estimate of drug-likeness (QED) is 0.522. The molecule has 0 spiro atoms. The van der Waals surface area contributed by atoms with Crippen LogP contribution in [0, 0.1) is 0 Å². The highest BCUT2D eigenvalue weighted by atomic mass is 16.5. The van der Waals surface area contributed by atoms with Gasteiger partial charge in [-0.25, -0.2) is 15.0 Å². The van der Waals surface area contributed by atoms with Crippen molar-refractivity contribution in [3.05, 3.63) is 67.1 Å². The molecule has 1 amide bonds. The summed E-state index contributed by atoms with van der Waals surface area (Å²) in [5.74, 6) is 1.38. The SMILES string of the molecule is CC(C)n1cnnc1-c1cccc(NC(=O)c2cc(Oc3ccncn3)ccn2)n1. The number of pyridine rings is 2. The Balaban J connectivity index is 1.52. The fourth-order valence-corrected chi connectivity index (χ4v) is 2.67. The number of ether oxygens (including phenoxy) is 1. The predicted octanol–water partition coefficient (Wildman–Crippen LogP) is 3.15. The van der Waals surface area contributed by atoms with E-state index in [4.69, 9.17) is 4.74 Å². The molecule has 10 heteroatoms. The van der Waals surface area contributed by atoms with Crippen LogP contribution in [0.4, 0.5) is 5.82 Å². The van der Waals surface area contributed by atoms with Gasteiger partial charge in [0.1, 0.15) is 35.6 Å². The third-order valence-electron chi connectivity index (χ3n) is 4.09. The Hall–Kier alpha value is -4.21. The molecule has 0 aliphatic carbocycles. The van der Waals surface area contributed by atoms with Crippen LogP contribution >= 0.6 is 0 Å². The summed E-state index contributed by atoms with van der Waals surface area (Å²) in [7, 11) is 0. The van der Waals surface area contributed by atoms with Gasteiger partial charge in [0.2, 0.25) is 5.88 Å². The van der Waals surface area contributed by atoms with E-state index in [1.807, 2.05) is 24.5 Å². The first-order chi connectivity index (χ1) is 14.6. The molecule has 0 aromatic carbocycles. The molecule has 0 unspecified atom stereocenters. The van der Waals surface area contributed by atoms with Crippen LogP contribution in [-0.2, 0) is 0 Å². The summed E-state index contributed by atoms with van der Waals surface area (Å²) in [4.78, 5) is 29.1. The molecule has 150 valence electrons. The highest BCUT2D eigenvalue weighted by Gasteiger charge is 2.14. The fourth-order valence-electron chi connectivity index (χ4n) is 2.67. The minimum absolute atomic E-state index is 0.178. The number of aromatic nitrogens is 7. The smallest absolute Gasteiger partial charge is 0.275 e. The van der Waals surface area contributed by atoms with E-state index in [9.17, 15) is 4.79 Å². The lowest BCUT2D eigenvalue weighted by Gasteiger charge is -2.10. The van der Waals surface area contributed by atoms with Gasteiger partial charge in [0.25, 0.3) is 5.91 Å². The molecule has 0 bridgehead atoms. The number of amides is 1. The highest BCUT2D eigenvalue weighted by molar-refractivity contribution is 6.02. The molecule has 0 saturated carbocycles. The van der Waals surface area contributed by atoms with Gasteiger partial charge < -0.3 is 14.6 Å². The van der Waals surface area contributed by atoms with E-state index in [0.717, 1.165) is 0 Å². The largest absolute Gasteiger partial charge is 0.439 e. The van der Waals surface area contributed by atoms with E-state index < -0.39 is 5.91 Å². The molecular weight excluding hydrogens is 384 g/mol.